The molecule has 0 unspecified atom stereocenters. The summed E-state index contributed by atoms with van der Waals surface area (Å²) in [6, 6.07) is 13.7. The number of carbonyl (C=O) groups excluding carboxylic acids is 1. The monoisotopic (exact) mass is 370 g/mol. The first-order valence-corrected chi connectivity index (χ1v) is 8.07. The van der Waals surface area contributed by atoms with E-state index >= 15 is 0 Å². The van der Waals surface area contributed by atoms with E-state index in [4.69, 9.17) is 16.3 Å². The Bertz CT molecular complexity index is 969. The normalized spacial score (nSPS) is 10.4. The first-order chi connectivity index (χ1) is 12.5. The van der Waals surface area contributed by atoms with E-state index in [1.54, 1.807) is 55.6 Å². The zero-order valence-electron chi connectivity index (χ0n) is 13.8. The van der Waals surface area contributed by atoms with Crippen LogP contribution in [0.2, 0.25) is 5.02 Å². The molecule has 8 heteroatoms. The standard InChI is InChI=1S/C18H15ClN4O3/c1-26-15-8-2-12(3-9-15)16-10-20-23(18(25)22-16)11-17(24)21-14-6-4-13(19)5-7-14/h2-10H,11H2,1H3,(H,21,24). The van der Waals surface area contributed by atoms with E-state index in [0.29, 0.717) is 22.2 Å². The molecule has 0 aliphatic heterocycles. The number of nitrogens with zero attached hydrogens (tertiary/aromatic N) is 3. The van der Waals surface area contributed by atoms with E-state index in [1.807, 2.05) is 0 Å². The number of halogens is 1. The predicted octanol–water partition coefficient (Wildman–Crippen LogP) is 2.61. The lowest BCUT2D eigenvalue weighted by Crippen LogP contribution is -2.31. The molecule has 26 heavy (non-hydrogen) atoms. The Morgan fingerprint density at radius 2 is 1.85 bits per heavy atom. The molecule has 7 nitrogen and oxygen atoms in total. The number of hydrogen-bond acceptors (Lipinski definition) is 5. The second-order valence-electron chi connectivity index (χ2n) is 5.37. The van der Waals surface area contributed by atoms with Crippen molar-refractivity contribution >= 4 is 23.2 Å². The van der Waals surface area contributed by atoms with Gasteiger partial charge in [0.1, 0.15) is 12.3 Å². The van der Waals surface area contributed by atoms with Crippen LogP contribution in [0.25, 0.3) is 11.3 Å². The topological polar surface area (TPSA) is 86.1 Å². The van der Waals surface area contributed by atoms with Gasteiger partial charge in [-0.15, -0.1) is 0 Å². The summed E-state index contributed by atoms with van der Waals surface area (Å²) >= 11 is 5.80. The Morgan fingerprint density at radius 3 is 2.46 bits per heavy atom. The van der Waals surface area contributed by atoms with Crippen LogP contribution in [0, 0.1) is 0 Å². The molecule has 0 atom stereocenters. The summed E-state index contributed by atoms with van der Waals surface area (Å²) in [6.07, 6.45) is 1.44. The van der Waals surface area contributed by atoms with Gasteiger partial charge in [0, 0.05) is 16.3 Å². The Morgan fingerprint density at radius 1 is 1.15 bits per heavy atom. The summed E-state index contributed by atoms with van der Waals surface area (Å²) in [4.78, 5) is 28.2. The molecule has 0 fully saturated rings. The lowest BCUT2D eigenvalue weighted by molar-refractivity contribution is -0.117. The predicted molar refractivity (Wildman–Crippen MR) is 98.4 cm³/mol. The number of methoxy groups -OCH3 is 1. The fourth-order valence-corrected chi connectivity index (χ4v) is 2.37. The highest BCUT2D eigenvalue weighted by molar-refractivity contribution is 6.30. The maximum atomic E-state index is 12.1. The molecular weight excluding hydrogens is 356 g/mol. The van der Waals surface area contributed by atoms with E-state index < -0.39 is 5.69 Å². The van der Waals surface area contributed by atoms with Gasteiger partial charge in [0.25, 0.3) is 0 Å². The molecule has 132 valence electrons. The van der Waals surface area contributed by atoms with Crippen LogP contribution in [0.15, 0.2) is 59.5 Å². The third-order valence-corrected chi connectivity index (χ3v) is 3.82. The fourth-order valence-electron chi connectivity index (χ4n) is 2.24. The minimum atomic E-state index is -0.607. The van der Waals surface area contributed by atoms with Crippen molar-refractivity contribution in [3.8, 4) is 17.0 Å². The Labute approximate surface area is 154 Å². The number of nitrogens with one attached hydrogen (secondary N) is 1. The van der Waals surface area contributed by atoms with Crippen LogP contribution in [-0.4, -0.2) is 27.8 Å². The van der Waals surface area contributed by atoms with Crippen LogP contribution < -0.4 is 15.7 Å². The van der Waals surface area contributed by atoms with Gasteiger partial charge in [-0.05, 0) is 48.5 Å². The SMILES string of the molecule is COc1ccc(-c2cnn(CC(=O)Nc3ccc(Cl)cc3)c(=O)n2)cc1. The van der Waals surface area contributed by atoms with Crippen LogP contribution in [0.5, 0.6) is 5.75 Å². The van der Waals surface area contributed by atoms with E-state index in [1.165, 1.54) is 6.20 Å². The summed E-state index contributed by atoms with van der Waals surface area (Å²) in [6.45, 7) is -0.239. The Balaban J connectivity index is 1.71. The largest absolute Gasteiger partial charge is 0.497 e. The first-order valence-electron chi connectivity index (χ1n) is 7.69. The Hall–Kier alpha value is -3.19. The third-order valence-electron chi connectivity index (χ3n) is 3.56. The summed E-state index contributed by atoms with van der Waals surface area (Å²) in [5.74, 6) is 0.315. The first kappa shape index (κ1) is 17.6. The summed E-state index contributed by atoms with van der Waals surface area (Å²) in [5, 5.41) is 7.25. The van der Waals surface area contributed by atoms with Crippen molar-refractivity contribution in [3.63, 3.8) is 0 Å². The van der Waals surface area contributed by atoms with Crippen molar-refractivity contribution in [2.75, 3.05) is 12.4 Å². The molecule has 0 radical (unpaired) electrons. The number of amides is 1. The van der Waals surface area contributed by atoms with Crippen LogP contribution in [0.3, 0.4) is 0 Å². The molecule has 3 rings (SSSR count). The van der Waals surface area contributed by atoms with Crippen LogP contribution >= 0.6 is 11.6 Å². The molecule has 2 aromatic carbocycles. The van der Waals surface area contributed by atoms with Gasteiger partial charge in [-0.1, -0.05) is 11.6 Å². The second kappa shape index (κ2) is 7.79. The zero-order chi connectivity index (χ0) is 18.5. The number of aromatic nitrogens is 3. The van der Waals surface area contributed by atoms with Gasteiger partial charge in [-0.3, -0.25) is 4.79 Å². The fraction of sp³-hybridized carbons (Fsp3) is 0.111. The average molecular weight is 371 g/mol. The molecule has 0 saturated heterocycles. The minimum Gasteiger partial charge on any atom is -0.497 e. The Kier molecular flexibility index (Phi) is 5.28. The lowest BCUT2D eigenvalue weighted by Gasteiger charge is -2.07. The van der Waals surface area contributed by atoms with Crippen LogP contribution in [-0.2, 0) is 11.3 Å². The van der Waals surface area contributed by atoms with Gasteiger partial charge < -0.3 is 10.1 Å². The van der Waals surface area contributed by atoms with E-state index in [0.717, 1.165) is 10.2 Å². The molecule has 1 heterocycles. The lowest BCUT2D eigenvalue weighted by atomic mass is 10.1. The molecule has 0 saturated carbocycles. The van der Waals surface area contributed by atoms with Crippen molar-refractivity contribution in [3.05, 3.63) is 70.2 Å². The highest BCUT2D eigenvalue weighted by Gasteiger charge is 2.09. The van der Waals surface area contributed by atoms with Crippen molar-refractivity contribution in [2.45, 2.75) is 6.54 Å². The number of benzene rings is 2. The molecule has 1 aromatic heterocycles. The molecule has 0 aliphatic carbocycles. The highest BCUT2D eigenvalue weighted by Crippen LogP contribution is 2.18. The summed E-state index contributed by atoms with van der Waals surface area (Å²) < 4.78 is 6.09. The molecule has 0 aliphatic rings. The number of anilines is 1. The molecule has 1 N–H and O–H groups in total. The average Bonchev–Trinajstić information content (AvgIpc) is 2.65. The smallest absolute Gasteiger partial charge is 0.365 e. The summed E-state index contributed by atoms with van der Waals surface area (Å²) in [5.41, 5.74) is 1.13. The van der Waals surface area contributed by atoms with Crippen LogP contribution in [0.1, 0.15) is 0 Å². The minimum absolute atomic E-state index is 0.239. The van der Waals surface area contributed by atoms with Crippen molar-refractivity contribution in [1.82, 2.24) is 14.8 Å². The van der Waals surface area contributed by atoms with E-state index in [-0.39, 0.29) is 12.5 Å². The second-order valence-corrected chi connectivity index (χ2v) is 5.80. The number of hydrogen-bond donors (Lipinski definition) is 1. The van der Waals surface area contributed by atoms with Gasteiger partial charge in [0.05, 0.1) is 19.0 Å². The number of rotatable bonds is 5. The highest BCUT2D eigenvalue weighted by atomic mass is 35.5. The van der Waals surface area contributed by atoms with Gasteiger partial charge >= 0.3 is 5.69 Å². The number of carbonyl (C=O) groups is 1. The van der Waals surface area contributed by atoms with Crippen LogP contribution in [0.4, 0.5) is 5.69 Å². The number of ether oxygens (including phenoxy) is 1. The van der Waals surface area contributed by atoms with E-state index in [9.17, 15) is 9.59 Å². The van der Waals surface area contributed by atoms with Gasteiger partial charge in [-0.25, -0.2) is 9.48 Å². The van der Waals surface area contributed by atoms with Gasteiger partial charge in [0.15, 0.2) is 0 Å². The maximum absolute atomic E-state index is 12.1. The van der Waals surface area contributed by atoms with Crippen molar-refractivity contribution in [2.24, 2.45) is 0 Å². The molecule has 0 spiro atoms. The zero-order valence-corrected chi connectivity index (χ0v) is 14.6. The van der Waals surface area contributed by atoms with Crippen molar-refractivity contribution < 1.29 is 9.53 Å². The van der Waals surface area contributed by atoms with Gasteiger partial charge in [-0.2, -0.15) is 10.1 Å². The van der Waals surface area contributed by atoms with E-state index in [2.05, 4.69) is 15.4 Å². The quantitative estimate of drug-likeness (QED) is 0.746. The van der Waals surface area contributed by atoms with Gasteiger partial charge in [0.2, 0.25) is 5.91 Å². The maximum Gasteiger partial charge on any atom is 0.365 e. The molecule has 0 bridgehead atoms. The molecular formula is C18H15ClN4O3. The summed E-state index contributed by atoms with van der Waals surface area (Å²) in [7, 11) is 1.57. The molecule has 1 amide bonds. The third kappa shape index (κ3) is 4.25. The molecule has 3 aromatic rings. The van der Waals surface area contributed by atoms with Crippen molar-refractivity contribution in [1.29, 1.82) is 0 Å².